The molecule has 5 heteroatoms. The normalized spacial score (nSPS) is 12.1. The van der Waals surface area contributed by atoms with Gasteiger partial charge in [0.25, 0.3) is 0 Å². The summed E-state index contributed by atoms with van der Waals surface area (Å²) in [5, 5.41) is 9.87. The van der Waals surface area contributed by atoms with Crippen LogP contribution in [0.15, 0.2) is 42.7 Å². The number of aromatic nitrogens is 2. The molecule has 0 aliphatic rings. The number of hydrogen-bond acceptors (Lipinski definition) is 4. The van der Waals surface area contributed by atoms with Crippen molar-refractivity contribution >= 4 is 10.9 Å². The Kier molecular flexibility index (Phi) is 5.55. The van der Waals surface area contributed by atoms with Crippen LogP contribution in [0, 0.1) is 11.3 Å². The van der Waals surface area contributed by atoms with Gasteiger partial charge in [0.05, 0.1) is 43.2 Å². The molecule has 1 atom stereocenters. The van der Waals surface area contributed by atoms with Crippen LogP contribution in [0.5, 0.6) is 5.88 Å². The molecule has 0 N–H and O–H groups in total. The number of rotatable bonds is 7. The molecule has 134 valence electrons. The maximum absolute atomic E-state index is 8.87. The van der Waals surface area contributed by atoms with Crippen LogP contribution in [0.4, 0.5) is 0 Å². The molecule has 5 nitrogen and oxygen atoms in total. The van der Waals surface area contributed by atoms with E-state index in [1.165, 1.54) is 0 Å². The Morgan fingerprint density at radius 3 is 2.58 bits per heavy atom. The Bertz CT molecular complexity index is 923. The standard InChI is InChI=1S/C21H23N3O2/c1-4-17(14-25-2)24-13-18(16-7-5-15(6-8-16)9-11-22)20-19(24)10-12-23-21(20)26-3/h5-8,10,12-13,17H,4,9,14H2,1-3H3. The van der Waals surface area contributed by atoms with Gasteiger partial charge in [0.2, 0.25) is 5.88 Å². The van der Waals surface area contributed by atoms with E-state index in [-0.39, 0.29) is 6.04 Å². The first kappa shape index (κ1) is 18.0. The van der Waals surface area contributed by atoms with E-state index in [2.05, 4.69) is 40.9 Å². The predicted octanol–water partition coefficient (Wildman–Crippen LogP) is 4.38. The number of nitrogens with zero attached hydrogens (tertiary/aromatic N) is 3. The number of methoxy groups -OCH3 is 2. The molecule has 0 aliphatic carbocycles. The second-order valence-corrected chi connectivity index (χ2v) is 6.21. The summed E-state index contributed by atoms with van der Waals surface area (Å²) in [5.74, 6) is 0.615. The molecule has 2 heterocycles. The van der Waals surface area contributed by atoms with Crippen LogP contribution >= 0.6 is 0 Å². The van der Waals surface area contributed by atoms with Crippen molar-refractivity contribution in [3.8, 4) is 23.1 Å². The molecule has 1 unspecified atom stereocenters. The Hall–Kier alpha value is -2.84. The van der Waals surface area contributed by atoms with Gasteiger partial charge in [-0.05, 0) is 23.6 Å². The average molecular weight is 349 g/mol. The molecule has 0 saturated carbocycles. The first-order chi connectivity index (χ1) is 12.7. The van der Waals surface area contributed by atoms with E-state index in [9.17, 15) is 0 Å². The quantitative estimate of drug-likeness (QED) is 0.635. The first-order valence-electron chi connectivity index (χ1n) is 8.72. The summed E-state index contributed by atoms with van der Waals surface area (Å²) in [7, 11) is 3.37. The highest BCUT2D eigenvalue weighted by Gasteiger charge is 2.19. The van der Waals surface area contributed by atoms with Crippen LogP contribution in [0.1, 0.15) is 24.9 Å². The van der Waals surface area contributed by atoms with E-state index in [1.54, 1.807) is 20.4 Å². The van der Waals surface area contributed by atoms with Crippen molar-refractivity contribution in [3.63, 3.8) is 0 Å². The van der Waals surface area contributed by atoms with Crippen molar-refractivity contribution in [2.45, 2.75) is 25.8 Å². The molecule has 3 aromatic rings. The van der Waals surface area contributed by atoms with Gasteiger partial charge in [0.15, 0.2) is 0 Å². The summed E-state index contributed by atoms with van der Waals surface area (Å²) in [6.45, 7) is 2.80. The summed E-state index contributed by atoms with van der Waals surface area (Å²) in [5.41, 5.74) is 4.24. The topological polar surface area (TPSA) is 60.1 Å². The van der Waals surface area contributed by atoms with Crippen molar-refractivity contribution in [1.82, 2.24) is 9.55 Å². The lowest BCUT2D eigenvalue weighted by atomic mass is 10.0. The van der Waals surface area contributed by atoms with E-state index in [0.29, 0.717) is 18.9 Å². The third-order valence-electron chi connectivity index (χ3n) is 4.68. The van der Waals surface area contributed by atoms with Crippen LogP contribution in [0.25, 0.3) is 22.0 Å². The molecule has 1 aromatic carbocycles. The lowest BCUT2D eigenvalue weighted by molar-refractivity contribution is 0.155. The number of pyridine rings is 1. The molecule has 2 aromatic heterocycles. The van der Waals surface area contributed by atoms with Crippen LogP contribution in [-0.2, 0) is 11.2 Å². The van der Waals surface area contributed by atoms with Crippen LogP contribution < -0.4 is 4.74 Å². The van der Waals surface area contributed by atoms with E-state index in [0.717, 1.165) is 34.0 Å². The van der Waals surface area contributed by atoms with E-state index in [4.69, 9.17) is 14.7 Å². The van der Waals surface area contributed by atoms with Gasteiger partial charge in [-0.1, -0.05) is 31.2 Å². The van der Waals surface area contributed by atoms with E-state index >= 15 is 0 Å². The second-order valence-electron chi connectivity index (χ2n) is 6.21. The van der Waals surface area contributed by atoms with Crippen molar-refractivity contribution in [1.29, 1.82) is 5.26 Å². The molecule has 3 rings (SSSR count). The number of hydrogen-bond donors (Lipinski definition) is 0. The SMILES string of the molecule is CCC(COC)n1cc(-c2ccc(CC#N)cc2)c2c(OC)nccc21. The van der Waals surface area contributed by atoms with Crippen LogP contribution in [0.3, 0.4) is 0 Å². The fraction of sp³-hybridized carbons (Fsp3) is 0.333. The smallest absolute Gasteiger partial charge is 0.223 e. The van der Waals surface area contributed by atoms with Crippen LogP contribution in [-0.4, -0.2) is 30.4 Å². The van der Waals surface area contributed by atoms with Gasteiger partial charge >= 0.3 is 0 Å². The van der Waals surface area contributed by atoms with Crippen molar-refractivity contribution < 1.29 is 9.47 Å². The van der Waals surface area contributed by atoms with Crippen molar-refractivity contribution in [2.75, 3.05) is 20.8 Å². The molecule has 0 spiro atoms. The molecule has 0 fully saturated rings. The summed E-state index contributed by atoms with van der Waals surface area (Å²) in [4.78, 5) is 4.39. The average Bonchev–Trinajstić information content (AvgIpc) is 3.06. The maximum Gasteiger partial charge on any atom is 0.223 e. The maximum atomic E-state index is 8.87. The number of fused-ring (bicyclic) bond motifs is 1. The van der Waals surface area contributed by atoms with Gasteiger partial charge in [-0.3, -0.25) is 0 Å². The highest BCUT2D eigenvalue weighted by atomic mass is 16.5. The molecule has 0 aliphatic heterocycles. The molecule has 0 bridgehead atoms. The van der Waals surface area contributed by atoms with Gasteiger partial charge in [-0.25, -0.2) is 4.98 Å². The zero-order valence-corrected chi connectivity index (χ0v) is 15.4. The van der Waals surface area contributed by atoms with Gasteiger partial charge in [-0.2, -0.15) is 5.26 Å². The summed E-state index contributed by atoms with van der Waals surface area (Å²) in [6, 6.07) is 12.5. The van der Waals surface area contributed by atoms with Gasteiger partial charge in [0.1, 0.15) is 0 Å². The zero-order valence-electron chi connectivity index (χ0n) is 15.4. The fourth-order valence-electron chi connectivity index (χ4n) is 3.33. The lowest BCUT2D eigenvalue weighted by Crippen LogP contribution is -2.12. The minimum Gasteiger partial charge on any atom is -0.480 e. The minimum atomic E-state index is 0.237. The Morgan fingerprint density at radius 1 is 1.19 bits per heavy atom. The van der Waals surface area contributed by atoms with E-state index in [1.807, 2.05) is 18.2 Å². The largest absolute Gasteiger partial charge is 0.480 e. The Balaban J connectivity index is 2.19. The zero-order chi connectivity index (χ0) is 18.5. The molecular weight excluding hydrogens is 326 g/mol. The summed E-state index contributed by atoms with van der Waals surface area (Å²) in [6.07, 6.45) is 5.31. The number of nitriles is 1. The molecule has 0 radical (unpaired) electrons. The highest BCUT2D eigenvalue weighted by Crippen LogP contribution is 2.37. The summed E-state index contributed by atoms with van der Waals surface area (Å²) >= 11 is 0. The fourth-order valence-corrected chi connectivity index (χ4v) is 3.33. The molecule has 26 heavy (non-hydrogen) atoms. The van der Waals surface area contributed by atoms with Gasteiger partial charge in [-0.15, -0.1) is 0 Å². The number of benzene rings is 1. The third-order valence-corrected chi connectivity index (χ3v) is 4.68. The monoisotopic (exact) mass is 349 g/mol. The third kappa shape index (κ3) is 3.29. The van der Waals surface area contributed by atoms with Crippen molar-refractivity contribution in [3.05, 3.63) is 48.3 Å². The molecule has 0 amide bonds. The second kappa shape index (κ2) is 8.03. The lowest BCUT2D eigenvalue weighted by Gasteiger charge is -2.17. The van der Waals surface area contributed by atoms with Crippen molar-refractivity contribution in [2.24, 2.45) is 0 Å². The van der Waals surface area contributed by atoms with Crippen LogP contribution in [0.2, 0.25) is 0 Å². The van der Waals surface area contributed by atoms with Gasteiger partial charge in [0, 0.05) is 25.1 Å². The number of ether oxygens (including phenoxy) is 2. The summed E-state index contributed by atoms with van der Waals surface area (Å²) < 4.78 is 13.2. The molecular formula is C21H23N3O2. The van der Waals surface area contributed by atoms with E-state index < -0.39 is 0 Å². The Labute approximate surface area is 153 Å². The molecule has 0 saturated heterocycles. The first-order valence-corrected chi connectivity index (χ1v) is 8.72. The van der Waals surface area contributed by atoms with Gasteiger partial charge < -0.3 is 14.0 Å². The Morgan fingerprint density at radius 2 is 1.96 bits per heavy atom. The predicted molar refractivity (Wildman–Crippen MR) is 102 cm³/mol. The highest BCUT2D eigenvalue weighted by molar-refractivity contribution is 5.99. The minimum absolute atomic E-state index is 0.237.